The number of rotatable bonds is 3. The number of hydrogen-bond acceptors (Lipinski definition) is 5. The van der Waals surface area contributed by atoms with E-state index in [4.69, 9.17) is 16.6 Å². The van der Waals surface area contributed by atoms with E-state index in [2.05, 4.69) is 14.9 Å². The Morgan fingerprint density at radius 3 is 2.75 bits per heavy atom. The summed E-state index contributed by atoms with van der Waals surface area (Å²) in [6, 6.07) is 12.1. The summed E-state index contributed by atoms with van der Waals surface area (Å²) in [5.41, 5.74) is 1.79. The lowest BCUT2D eigenvalue weighted by molar-refractivity contribution is 0.631. The molecule has 0 aliphatic carbocycles. The van der Waals surface area contributed by atoms with Crippen molar-refractivity contribution in [1.29, 1.82) is 0 Å². The van der Waals surface area contributed by atoms with E-state index < -0.39 is 5.82 Å². The van der Waals surface area contributed by atoms with Gasteiger partial charge in [-0.05, 0) is 43.7 Å². The van der Waals surface area contributed by atoms with E-state index in [0.717, 1.165) is 25.2 Å². The monoisotopic (exact) mass is 449 g/mol. The zero-order valence-electron chi connectivity index (χ0n) is 17.7. The van der Waals surface area contributed by atoms with Gasteiger partial charge in [0, 0.05) is 54.6 Å². The molecule has 4 heterocycles. The summed E-state index contributed by atoms with van der Waals surface area (Å²) < 4.78 is 16.3. The second kappa shape index (κ2) is 7.98. The van der Waals surface area contributed by atoms with Crippen molar-refractivity contribution in [3.05, 3.63) is 81.4 Å². The van der Waals surface area contributed by atoms with Gasteiger partial charge >= 0.3 is 0 Å². The molecule has 32 heavy (non-hydrogen) atoms. The average molecular weight is 450 g/mol. The normalized spacial score (nSPS) is 16.1. The molecule has 1 aliphatic heterocycles. The van der Waals surface area contributed by atoms with Gasteiger partial charge in [-0.25, -0.2) is 14.4 Å². The van der Waals surface area contributed by atoms with Gasteiger partial charge < -0.3 is 4.90 Å². The van der Waals surface area contributed by atoms with Gasteiger partial charge in [-0.15, -0.1) is 0 Å². The molecule has 8 heteroatoms. The third kappa shape index (κ3) is 3.52. The van der Waals surface area contributed by atoms with E-state index in [-0.39, 0.29) is 27.8 Å². The van der Waals surface area contributed by atoms with Crippen molar-refractivity contribution in [2.24, 2.45) is 7.05 Å². The number of aromatic nitrogens is 4. The van der Waals surface area contributed by atoms with Crippen LogP contribution in [0.3, 0.4) is 0 Å². The molecular formula is C24H21ClFN5O. The first-order valence-electron chi connectivity index (χ1n) is 10.4. The summed E-state index contributed by atoms with van der Waals surface area (Å²) in [7, 11) is 1.65. The largest absolute Gasteiger partial charge is 0.356 e. The first kappa shape index (κ1) is 20.6. The lowest BCUT2D eigenvalue weighted by atomic mass is 10.0. The van der Waals surface area contributed by atoms with Gasteiger partial charge in [-0.1, -0.05) is 17.7 Å². The number of anilines is 1. The summed E-state index contributed by atoms with van der Waals surface area (Å²) in [6.07, 6.45) is 2.74. The van der Waals surface area contributed by atoms with Crippen LogP contribution in [-0.2, 0) is 7.05 Å². The van der Waals surface area contributed by atoms with Crippen molar-refractivity contribution in [2.45, 2.75) is 19.3 Å². The van der Waals surface area contributed by atoms with Crippen molar-refractivity contribution in [3.63, 3.8) is 0 Å². The van der Waals surface area contributed by atoms with Gasteiger partial charge in [0.25, 0.3) is 5.56 Å². The Balaban J connectivity index is 1.67. The molecule has 162 valence electrons. The number of hydrogen-bond donors (Lipinski definition) is 0. The topological polar surface area (TPSA) is 63.9 Å². The fourth-order valence-electron chi connectivity index (χ4n) is 4.25. The predicted molar refractivity (Wildman–Crippen MR) is 124 cm³/mol. The number of fused-ring (bicyclic) bond motifs is 1. The first-order chi connectivity index (χ1) is 15.4. The van der Waals surface area contributed by atoms with Gasteiger partial charge in [0.2, 0.25) is 0 Å². The van der Waals surface area contributed by atoms with Crippen molar-refractivity contribution in [2.75, 3.05) is 18.0 Å². The number of pyridine rings is 2. The molecule has 0 radical (unpaired) electrons. The van der Waals surface area contributed by atoms with Gasteiger partial charge in [0.15, 0.2) is 0 Å². The molecule has 4 aromatic rings. The Bertz CT molecular complexity index is 1390. The molecule has 1 atom stereocenters. The van der Waals surface area contributed by atoms with E-state index in [0.29, 0.717) is 22.5 Å². The molecule has 6 nitrogen and oxygen atoms in total. The molecule has 0 spiro atoms. The Hall–Kier alpha value is -3.32. The van der Waals surface area contributed by atoms with Crippen LogP contribution < -0.4 is 10.5 Å². The lowest BCUT2D eigenvalue weighted by Crippen LogP contribution is -2.24. The number of nitrogens with zero attached hydrogens (tertiary/aromatic N) is 5. The van der Waals surface area contributed by atoms with Gasteiger partial charge in [0.05, 0.1) is 16.6 Å². The van der Waals surface area contributed by atoms with Crippen molar-refractivity contribution in [1.82, 2.24) is 19.5 Å². The highest BCUT2D eigenvalue weighted by Gasteiger charge is 2.27. The van der Waals surface area contributed by atoms with Crippen molar-refractivity contribution in [3.8, 4) is 11.3 Å². The van der Waals surface area contributed by atoms with Gasteiger partial charge in [-0.2, -0.15) is 0 Å². The SMILES string of the molecule is Cc1nc2cc(N3CC[C@@H](c4ccccn4)C3)nc(-c3ccc(Cl)cc3F)c2c(=O)n1C. The summed E-state index contributed by atoms with van der Waals surface area (Å²) in [5.74, 6) is 0.997. The van der Waals surface area contributed by atoms with E-state index in [1.54, 1.807) is 32.3 Å². The molecule has 1 aliphatic rings. The molecule has 0 saturated carbocycles. The van der Waals surface area contributed by atoms with Crippen LogP contribution in [-0.4, -0.2) is 32.6 Å². The predicted octanol–water partition coefficient (Wildman–Crippen LogP) is 4.49. The third-order valence-electron chi connectivity index (χ3n) is 6.08. The van der Waals surface area contributed by atoms with Crippen molar-refractivity contribution >= 4 is 28.3 Å². The first-order valence-corrected chi connectivity index (χ1v) is 10.8. The number of halogens is 2. The maximum atomic E-state index is 14.9. The maximum Gasteiger partial charge on any atom is 0.263 e. The molecule has 0 N–H and O–H groups in total. The highest BCUT2D eigenvalue weighted by Crippen LogP contribution is 2.34. The van der Waals surface area contributed by atoms with Crippen LogP contribution in [0.25, 0.3) is 22.2 Å². The van der Waals surface area contributed by atoms with Crippen LogP contribution >= 0.6 is 11.6 Å². The molecule has 5 rings (SSSR count). The highest BCUT2D eigenvalue weighted by atomic mass is 35.5. The summed E-state index contributed by atoms with van der Waals surface area (Å²) in [6.45, 7) is 3.30. The van der Waals surface area contributed by atoms with E-state index >= 15 is 0 Å². The molecule has 1 aromatic carbocycles. The van der Waals surface area contributed by atoms with Crippen LogP contribution in [0.4, 0.5) is 10.2 Å². The smallest absolute Gasteiger partial charge is 0.263 e. The fourth-order valence-corrected chi connectivity index (χ4v) is 4.41. The number of benzene rings is 1. The molecule has 0 bridgehead atoms. The zero-order valence-corrected chi connectivity index (χ0v) is 18.5. The van der Waals surface area contributed by atoms with E-state index in [1.165, 1.54) is 10.6 Å². The average Bonchev–Trinajstić information content (AvgIpc) is 3.28. The van der Waals surface area contributed by atoms with Gasteiger partial charge in [-0.3, -0.25) is 14.3 Å². The second-order valence-electron chi connectivity index (χ2n) is 8.06. The minimum Gasteiger partial charge on any atom is -0.356 e. The lowest BCUT2D eigenvalue weighted by Gasteiger charge is -2.20. The summed E-state index contributed by atoms with van der Waals surface area (Å²) in [5, 5.41) is 0.579. The van der Waals surface area contributed by atoms with Crippen LogP contribution in [0.15, 0.2) is 53.5 Å². The number of aryl methyl sites for hydroxylation is 1. The molecular weight excluding hydrogens is 429 g/mol. The van der Waals surface area contributed by atoms with Crippen molar-refractivity contribution < 1.29 is 4.39 Å². The van der Waals surface area contributed by atoms with Crippen LogP contribution in [0.5, 0.6) is 0 Å². The van der Waals surface area contributed by atoms with Crippen LogP contribution in [0.2, 0.25) is 5.02 Å². The zero-order chi connectivity index (χ0) is 22.4. The fraction of sp³-hybridized carbons (Fsp3) is 0.250. The Kier molecular flexibility index (Phi) is 5.13. The van der Waals surface area contributed by atoms with E-state index in [9.17, 15) is 9.18 Å². The van der Waals surface area contributed by atoms with Crippen LogP contribution in [0, 0.1) is 12.7 Å². The summed E-state index contributed by atoms with van der Waals surface area (Å²) in [4.78, 5) is 29.1. The Morgan fingerprint density at radius 1 is 1.16 bits per heavy atom. The van der Waals surface area contributed by atoms with Gasteiger partial charge in [0.1, 0.15) is 17.5 Å². The Morgan fingerprint density at radius 2 is 2.00 bits per heavy atom. The standard InChI is InChI=1S/C24H21ClFN5O/c1-14-28-20-12-21(31-10-8-15(13-31)19-5-3-4-9-27-19)29-23(22(20)24(32)30(14)2)17-7-6-16(25)11-18(17)26/h3-7,9,11-12,15H,8,10,13H2,1-2H3/t15-/m1/s1. The summed E-state index contributed by atoms with van der Waals surface area (Å²) >= 11 is 5.96. The third-order valence-corrected chi connectivity index (χ3v) is 6.31. The molecule has 0 unspecified atom stereocenters. The van der Waals surface area contributed by atoms with E-state index in [1.807, 2.05) is 24.3 Å². The van der Waals surface area contributed by atoms with Crippen LogP contribution in [0.1, 0.15) is 23.9 Å². The maximum absolute atomic E-state index is 14.9. The minimum atomic E-state index is -0.529. The second-order valence-corrected chi connectivity index (χ2v) is 8.49. The molecule has 1 fully saturated rings. The highest BCUT2D eigenvalue weighted by molar-refractivity contribution is 6.30. The minimum absolute atomic E-state index is 0.226. The quantitative estimate of drug-likeness (QED) is 0.461. The molecule has 0 amide bonds. The molecule has 3 aromatic heterocycles. The molecule has 1 saturated heterocycles. The Labute approximate surface area is 189 Å².